The highest BCUT2D eigenvalue weighted by Gasteiger charge is 2.17. The summed E-state index contributed by atoms with van der Waals surface area (Å²) in [6, 6.07) is 9.43. The Morgan fingerprint density at radius 3 is 2.82 bits per heavy atom. The number of hydrogen-bond acceptors (Lipinski definition) is 2. The molecule has 0 aliphatic carbocycles. The maximum Gasteiger partial charge on any atom is 0.0401 e. The smallest absolute Gasteiger partial charge is 0.0401 e. The fourth-order valence-electron chi connectivity index (χ4n) is 2.59. The lowest BCUT2D eigenvalue weighted by Crippen LogP contribution is -2.35. The molecule has 17 heavy (non-hydrogen) atoms. The van der Waals surface area contributed by atoms with Gasteiger partial charge < -0.3 is 10.2 Å². The van der Waals surface area contributed by atoms with Gasteiger partial charge in [0.15, 0.2) is 0 Å². The molecule has 1 aromatic rings. The molecule has 1 aliphatic heterocycles. The van der Waals surface area contributed by atoms with Gasteiger partial charge in [-0.15, -0.1) is 0 Å². The Morgan fingerprint density at radius 1 is 1.29 bits per heavy atom. The summed E-state index contributed by atoms with van der Waals surface area (Å²) in [6.07, 6.45) is 1.23. The molecule has 1 aliphatic rings. The van der Waals surface area contributed by atoms with Gasteiger partial charge in [-0.3, -0.25) is 0 Å². The van der Waals surface area contributed by atoms with Gasteiger partial charge in [0.2, 0.25) is 0 Å². The van der Waals surface area contributed by atoms with Gasteiger partial charge in [0.1, 0.15) is 0 Å². The summed E-state index contributed by atoms with van der Waals surface area (Å²) in [5.41, 5.74) is 2.90. The van der Waals surface area contributed by atoms with E-state index < -0.39 is 0 Å². The van der Waals surface area contributed by atoms with Gasteiger partial charge in [-0.25, -0.2) is 0 Å². The molecule has 0 radical (unpaired) electrons. The van der Waals surface area contributed by atoms with Gasteiger partial charge in [0.25, 0.3) is 0 Å². The Bertz CT molecular complexity index is 360. The second kappa shape index (κ2) is 5.54. The van der Waals surface area contributed by atoms with Crippen LogP contribution in [0.1, 0.15) is 38.7 Å². The van der Waals surface area contributed by atoms with Crippen molar-refractivity contribution in [2.24, 2.45) is 0 Å². The highest BCUT2D eigenvalue weighted by atomic mass is 15.2. The first-order chi connectivity index (χ1) is 8.18. The topological polar surface area (TPSA) is 15.3 Å². The van der Waals surface area contributed by atoms with Crippen molar-refractivity contribution < 1.29 is 0 Å². The van der Waals surface area contributed by atoms with Gasteiger partial charge in [-0.2, -0.15) is 0 Å². The minimum atomic E-state index is 0.581. The number of hydrogen-bond donors (Lipinski definition) is 1. The molecule has 1 fully saturated rings. The van der Waals surface area contributed by atoms with Crippen molar-refractivity contribution in [1.82, 2.24) is 5.32 Å². The molecule has 1 N–H and O–H groups in total. The summed E-state index contributed by atoms with van der Waals surface area (Å²) in [5.74, 6) is 0.595. The Kier molecular flexibility index (Phi) is 4.06. The van der Waals surface area contributed by atoms with E-state index in [1.54, 1.807) is 0 Å². The molecule has 0 saturated carbocycles. The van der Waals surface area contributed by atoms with E-state index in [2.05, 4.69) is 55.3 Å². The van der Waals surface area contributed by atoms with Crippen molar-refractivity contribution >= 4 is 5.69 Å². The Balaban J connectivity index is 2.25. The van der Waals surface area contributed by atoms with Crippen LogP contribution in [0.25, 0.3) is 0 Å². The Labute approximate surface area is 105 Å². The molecule has 0 amide bonds. The number of rotatable bonds is 2. The van der Waals surface area contributed by atoms with E-state index in [0.717, 1.165) is 13.1 Å². The third-order valence-corrected chi connectivity index (χ3v) is 3.49. The van der Waals surface area contributed by atoms with Crippen molar-refractivity contribution in [2.45, 2.75) is 39.2 Å². The summed E-state index contributed by atoms with van der Waals surface area (Å²) >= 11 is 0. The summed E-state index contributed by atoms with van der Waals surface area (Å²) in [4.78, 5) is 2.54. The van der Waals surface area contributed by atoms with Crippen LogP contribution >= 0.6 is 0 Å². The zero-order valence-electron chi connectivity index (χ0n) is 11.2. The zero-order chi connectivity index (χ0) is 12.3. The molecule has 1 saturated heterocycles. The predicted octanol–water partition coefficient (Wildman–Crippen LogP) is 3.00. The number of nitrogens with zero attached hydrogens (tertiary/aromatic N) is 1. The van der Waals surface area contributed by atoms with E-state index >= 15 is 0 Å². The maximum atomic E-state index is 3.55. The van der Waals surface area contributed by atoms with Gasteiger partial charge in [-0.05, 0) is 37.4 Å². The van der Waals surface area contributed by atoms with Gasteiger partial charge in [0.05, 0.1) is 0 Å². The van der Waals surface area contributed by atoms with E-state index in [9.17, 15) is 0 Å². The molecule has 2 heteroatoms. The lowest BCUT2D eigenvalue weighted by Gasteiger charge is -2.28. The van der Waals surface area contributed by atoms with Gasteiger partial charge in [0, 0.05) is 24.8 Å². The molecule has 0 aromatic heterocycles. The highest BCUT2D eigenvalue weighted by molar-refractivity contribution is 5.55. The lowest BCUT2D eigenvalue weighted by molar-refractivity contribution is 0.584. The number of benzene rings is 1. The van der Waals surface area contributed by atoms with E-state index in [0.29, 0.717) is 12.0 Å². The Morgan fingerprint density at radius 2 is 2.06 bits per heavy atom. The van der Waals surface area contributed by atoms with E-state index in [-0.39, 0.29) is 0 Å². The predicted molar refractivity (Wildman–Crippen MR) is 74.8 cm³/mol. The van der Waals surface area contributed by atoms with Crippen LogP contribution < -0.4 is 10.2 Å². The van der Waals surface area contributed by atoms with Gasteiger partial charge in [-0.1, -0.05) is 32.0 Å². The number of nitrogens with one attached hydrogen (secondary N) is 1. The average Bonchev–Trinajstić information content (AvgIpc) is 2.54. The number of para-hydroxylation sites is 1. The second-order valence-electron chi connectivity index (χ2n) is 5.37. The third-order valence-electron chi connectivity index (χ3n) is 3.49. The summed E-state index contributed by atoms with van der Waals surface area (Å²) in [5, 5.41) is 3.55. The summed E-state index contributed by atoms with van der Waals surface area (Å²) in [7, 11) is 0. The van der Waals surface area contributed by atoms with E-state index in [4.69, 9.17) is 0 Å². The fraction of sp³-hybridized carbons (Fsp3) is 0.600. The zero-order valence-corrected chi connectivity index (χ0v) is 11.2. The normalized spacial score (nSPS) is 21.6. The van der Waals surface area contributed by atoms with Crippen molar-refractivity contribution in [3.05, 3.63) is 29.8 Å². The first-order valence-corrected chi connectivity index (χ1v) is 6.75. The molecule has 0 spiro atoms. The fourth-order valence-corrected chi connectivity index (χ4v) is 2.59. The molecule has 2 rings (SSSR count). The van der Waals surface area contributed by atoms with E-state index in [1.165, 1.54) is 24.2 Å². The average molecular weight is 232 g/mol. The van der Waals surface area contributed by atoms with E-state index in [1.807, 2.05) is 0 Å². The van der Waals surface area contributed by atoms with Crippen LogP contribution in [-0.4, -0.2) is 25.7 Å². The third kappa shape index (κ3) is 3.01. The van der Waals surface area contributed by atoms with Crippen LogP contribution in [0.4, 0.5) is 5.69 Å². The van der Waals surface area contributed by atoms with Crippen LogP contribution in [-0.2, 0) is 0 Å². The van der Waals surface area contributed by atoms with Crippen LogP contribution in [0.15, 0.2) is 24.3 Å². The van der Waals surface area contributed by atoms with Crippen molar-refractivity contribution in [3.63, 3.8) is 0 Å². The van der Waals surface area contributed by atoms with Crippen molar-refractivity contribution in [3.8, 4) is 0 Å². The minimum absolute atomic E-state index is 0.581. The Hall–Kier alpha value is -1.02. The van der Waals surface area contributed by atoms with Gasteiger partial charge >= 0.3 is 0 Å². The first-order valence-electron chi connectivity index (χ1n) is 6.75. The monoisotopic (exact) mass is 232 g/mol. The molecule has 1 atom stereocenters. The van der Waals surface area contributed by atoms with Crippen LogP contribution in [0.3, 0.4) is 0 Å². The van der Waals surface area contributed by atoms with Crippen LogP contribution in [0.2, 0.25) is 0 Å². The standard InChI is InChI=1S/C15H24N2/c1-12(2)14-7-4-5-8-15(14)17-10-6-9-16-13(3)11-17/h4-5,7-8,12-13,16H,6,9-11H2,1-3H3. The van der Waals surface area contributed by atoms with Crippen molar-refractivity contribution in [1.29, 1.82) is 0 Å². The highest BCUT2D eigenvalue weighted by Crippen LogP contribution is 2.27. The SMILES string of the molecule is CC1CN(c2ccccc2C(C)C)CCCN1. The van der Waals surface area contributed by atoms with Crippen LogP contribution in [0.5, 0.6) is 0 Å². The summed E-state index contributed by atoms with van der Waals surface area (Å²) in [6.45, 7) is 10.2. The summed E-state index contributed by atoms with van der Waals surface area (Å²) < 4.78 is 0. The molecule has 1 aromatic carbocycles. The number of anilines is 1. The lowest BCUT2D eigenvalue weighted by atomic mass is 10.00. The molecule has 1 heterocycles. The molecular weight excluding hydrogens is 208 g/mol. The second-order valence-corrected chi connectivity index (χ2v) is 5.37. The molecule has 94 valence electrons. The minimum Gasteiger partial charge on any atom is -0.370 e. The molecular formula is C15H24N2. The molecule has 0 bridgehead atoms. The molecule has 2 nitrogen and oxygen atoms in total. The maximum absolute atomic E-state index is 3.55. The van der Waals surface area contributed by atoms with Crippen LogP contribution in [0, 0.1) is 0 Å². The first kappa shape index (κ1) is 12.4. The quantitative estimate of drug-likeness (QED) is 0.843. The molecule has 1 unspecified atom stereocenters. The largest absolute Gasteiger partial charge is 0.370 e. The van der Waals surface area contributed by atoms with Crippen molar-refractivity contribution in [2.75, 3.05) is 24.5 Å².